The van der Waals surface area contributed by atoms with Gasteiger partial charge in [0.05, 0.1) is 11.5 Å². The van der Waals surface area contributed by atoms with Gasteiger partial charge in [0.2, 0.25) is 0 Å². The minimum atomic E-state index is -2.78. The highest BCUT2D eigenvalue weighted by Gasteiger charge is 2.33. The van der Waals surface area contributed by atoms with Crippen molar-refractivity contribution >= 4 is 9.84 Å². The van der Waals surface area contributed by atoms with Crippen LogP contribution < -0.4 is 5.32 Å². The molecule has 0 radical (unpaired) electrons. The Balaban J connectivity index is 1.95. The van der Waals surface area contributed by atoms with E-state index < -0.39 is 9.84 Å². The Labute approximate surface area is 111 Å². The Morgan fingerprint density at radius 2 is 2.06 bits per heavy atom. The minimum absolute atomic E-state index is 0.347. The summed E-state index contributed by atoms with van der Waals surface area (Å²) in [6.07, 6.45) is 4.51. The van der Waals surface area contributed by atoms with E-state index in [0.717, 1.165) is 39.1 Å². The Kier molecular flexibility index (Phi) is 4.67. The molecule has 2 fully saturated rings. The molecule has 106 valence electrons. The van der Waals surface area contributed by atoms with Gasteiger partial charge in [0, 0.05) is 19.6 Å². The fourth-order valence-electron chi connectivity index (χ4n) is 3.20. The number of rotatable bonds is 3. The standard InChI is InChI=1S/C13H26N2O2S/c1-2-13(5-3-6-14-11-13)12-15-7-4-9-18(16,17)10-8-15/h14H,2-12H2,1H3. The lowest BCUT2D eigenvalue weighted by Gasteiger charge is -2.40. The van der Waals surface area contributed by atoms with Gasteiger partial charge in [-0.05, 0) is 44.2 Å². The van der Waals surface area contributed by atoms with E-state index in [2.05, 4.69) is 17.1 Å². The summed E-state index contributed by atoms with van der Waals surface area (Å²) >= 11 is 0. The van der Waals surface area contributed by atoms with E-state index in [-0.39, 0.29) is 0 Å². The zero-order valence-corrected chi connectivity index (χ0v) is 12.3. The van der Waals surface area contributed by atoms with Gasteiger partial charge in [-0.1, -0.05) is 6.92 Å². The van der Waals surface area contributed by atoms with Crippen LogP contribution in [0.3, 0.4) is 0 Å². The van der Waals surface area contributed by atoms with E-state index in [1.54, 1.807) is 0 Å². The number of nitrogens with one attached hydrogen (secondary N) is 1. The third-order valence-corrected chi connectivity index (χ3v) is 6.23. The van der Waals surface area contributed by atoms with Gasteiger partial charge < -0.3 is 10.2 Å². The van der Waals surface area contributed by atoms with Gasteiger partial charge in [0.25, 0.3) is 0 Å². The third kappa shape index (κ3) is 3.68. The van der Waals surface area contributed by atoms with Crippen LogP contribution >= 0.6 is 0 Å². The largest absolute Gasteiger partial charge is 0.316 e. The lowest BCUT2D eigenvalue weighted by atomic mass is 9.78. The first-order valence-electron chi connectivity index (χ1n) is 7.19. The van der Waals surface area contributed by atoms with Gasteiger partial charge >= 0.3 is 0 Å². The molecule has 5 heteroatoms. The van der Waals surface area contributed by atoms with Crippen LogP contribution in [-0.2, 0) is 9.84 Å². The van der Waals surface area contributed by atoms with Gasteiger partial charge in [0.1, 0.15) is 0 Å². The molecule has 2 saturated heterocycles. The molecule has 0 bridgehead atoms. The molecule has 2 heterocycles. The summed E-state index contributed by atoms with van der Waals surface area (Å²) in [7, 11) is -2.78. The van der Waals surface area contributed by atoms with Crippen molar-refractivity contribution in [2.45, 2.75) is 32.6 Å². The molecule has 1 atom stereocenters. The highest BCUT2D eigenvalue weighted by Crippen LogP contribution is 2.31. The monoisotopic (exact) mass is 274 g/mol. The second-order valence-corrected chi connectivity index (χ2v) is 8.22. The summed E-state index contributed by atoms with van der Waals surface area (Å²) in [5.41, 5.74) is 0.367. The summed E-state index contributed by atoms with van der Waals surface area (Å²) in [5, 5.41) is 3.50. The van der Waals surface area contributed by atoms with Crippen LogP contribution in [0.4, 0.5) is 0 Å². The average molecular weight is 274 g/mol. The van der Waals surface area contributed by atoms with Crippen LogP contribution in [0.5, 0.6) is 0 Å². The third-order valence-electron chi connectivity index (χ3n) is 4.52. The van der Waals surface area contributed by atoms with E-state index in [1.165, 1.54) is 19.3 Å². The summed E-state index contributed by atoms with van der Waals surface area (Å²) in [5.74, 6) is 0.723. The first kappa shape index (κ1) is 14.3. The van der Waals surface area contributed by atoms with Crippen LogP contribution in [0.1, 0.15) is 32.6 Å². The molecule has 1 unspecified atom stereocenters. The van der Waals surface area contributed by atoms with Gasteiger partial charge in [-0.2, -0.15) is 0 Å². The van der Waals surface area contributed by atoms with Gasteiger partial charge in [-0.15, -0.1) is 0 Å². The molecular formula is C13H26N2O2S. The predicted octanol–water partition coefficient (Wildman–Crippen LogP) is 0.887. The van der Waals surface area contributed by atoms with Gasteiger partial charge in [-0.25, -0.2) is 8.42 Å². The first-order valence-corrected chi connectivity index (χ1v) is 9.01. The maximum Gasteiger partial charge on any atom is 0.151 e. The van der Waals surface area contributed by atoms with Crippen LogP contribution in [0.25, 0.3) is 0 Å². The first-order chi connectivity index (χ1) is 8.55. The summed E-state index contributed by atoms with van der Waals surface area (Å²) in [6.45, 7) is 7.22. The highest BCUT2D eigenvalue weighted by atomic mass is 32.2. The van der Waals surface area contributed by atoms with Crippen molar-refractivity contribution in [1.29, 1.82) is 0 Å². The van der Waals surface area contributed by atoms with E-state index in [9.17, 15) is 8.42 Å². The normalized spacial score (nSPS) is 34.1. The topological polar surface area (TPSA) is 49.4 Å². The van der Waals surface area contributed by atoms with Crippen LogP contribution in [0.2, 0.25) is 0 Å². The van der Waals surface area contributed by atoms with E-state index in [4.69, 9.17) is 0 Å². The molecule has 0 amide bonds. The Morgan fingerprint density at radius 3 is 2.72 bits per heavy atom. The van der Waals surface area contributed by atoms with Crippen molar-refractivity contribution in [3.8, 4) is 0 Å². The quantitative estimate of drug-likeness (QED) is 0.830. The molecule has 0 aromatic rings. The van der Waals surface area contributed by atoms with Crippen molar-refractivity contribution in [2.75, 3.05) is 44.2 Å². The zero-order chi connectivity index (χ0) is 13.1. The van der Waals surface area contributed by atoms with Crippen LogP contribution in [-0.4, -0.2) is 57.5 Å². The molecule has 0 aliphatic carbocycles. The minimum Gasteiger partial charge on any atom is -0.316 e. The Morgan fingerprint density at radius 1 is 1.22 bits per heavy atom. The lowest BCUT2D eigenvalue weighted by Crippen LogP contribution is -2.47. The van der Waals surface area contributed by atoms with Crippen molar-refractivity contribution in [1.82, 2.24) is 10.2 Å². The molecule has 1 N–H and O–H groups in total. The number of nitrogens with zero attached hydrogens (tertiary/aromatic N) is 1. The van der Waals surface area contributed by atoms with Crippen molar-refractivity contribution in [3.63, 3.8) is 0 Å². The number of hydrogen-bond acceptors (Lipinski definition) is 4. The summed E-state index contributed by atoms with van der Waals surface area (Å²) < 4.78 is 23.2. The van der Waals surface area contributed by atoms with Gasteiger partial charge in [-0.3, -0.25) is 0 Å². The molecule has 0 aromatic carbocycles. The molecule has 2 aliphatic rings. The summed E-state index contributed by atoms with van der Waals surface area (Å²) in [4.78, 5) is 2.38. The molecule has 0 saturated carbocycles. The predicted molar refractivity (Wildman–Crippen MR) is 74.5 cm³/mol. The van der Waals surface area contributed by atoms with Crippen molar-refractivity contribution in [2.24, 2.45) is 5.41 Å². The SMILES string of the molecule is CCC1(CN2CCCS(=O)(=O)CC2)CCCNC1. The molecule has 2 rings (SSSR count). The van der Waals surface area contributed by atoms with Crippen LogP contribution in [0.15, 0.2) is 0 Å². The Hall–Kier alpha value is -0.130. The smallest absolute Gasteiger partial charge is 0.151 e. The molecule has 0 aromatic heterocycles. The highest BCUT2D eigenvalue weighted by molar-refractivity contribution is 7.91. The van der Waals surface area contributed by atoms with E-state index in [1.807, 2.05) is 0 Å². The summed E-state index contributed by atoms with van der Waals surface area (Å²) in [6, 6.07) is 0. The second kappa shape index (κ2) is 5.88. The van der Waals surface area contributed by atoms with Crippen molar-refractivity contribution in [3.05, 3.63) is 0 Å². The Bertz CT molecular complexity index is 361. The van der Waals surface area contributed by atoms with Gasteiger partial charge in [0.15, 0.2) is 9.84 Å². The van der Waals surface area contributed by atoms with E-state index >= 15 is 0 Å². The number of sulfone groups is 1. The maximum absolute atomic E-state index is 11.6. The average Bonchev–Trinajstić information content (AvgIpc) is 2.52. The molecule has 18 heavy (non-hydrogen) atoms. The fourth-order valence-corrected chi connectivity index (χ4v) is 4.51. The maximum atomic E-state index is 11.6. The molecule has 2 aliphatic heterocycles. The van der Waals surface area contributed by atoms with Crippen LogP contribution in [0, 0.1) is 5.41 Å². The number of piperidine rings is 1. The fraction of sp³-hybridized carbons (Fsp3) is 1.00. The zero-order valence-electron chi connectivity index (χ0n) is 11.5. The number of hydrogen-bond donors (Lipinski definition) is 1. The van der Waals surface area contributed by atoms with Crippen molar-refractivity contribution < 1.29 is 8.42 Å². The van der Waals surface area contributed by atoms with E-state index in [0.29, 0.717) is 16.9 Å². The second-order valence-electron chi connectivity index (χ2n) is 5.92. The lowest BCUT2D eigenvalue weighted by molar-refractivity contribution is 0.117. The molecule has 4 nitrogen and oxygen atoms in total. The molecule has 0 spiro atoms. The molecular weight excluding hydrogens is 248 g/mol.